The second-order valence-electron chi connectivity index (χ2n) is 6.76. The third-order valence-corrected chi connectivity index (χ3v) is 4.35. The van der Waals surface area contributed by atoms with Gasteiger partial charge in [0.15, 0.2) is 0 Å². The van der Waals surface area contributed by atoms with Crippen molar-refractivity contribution in [2.24, 2.45) is 0 Å². The molecular weight excluding hydrogens is 332 g/mol. The van der Waals surface area contributed by atoms with E-state index in [1.54, 1.807) is 7.11 Å². The van der Waals surface area contributed by atoms with Crippen LogP contribution in [-0.2, 0) is 11.3 Å². The van der Waals surface area contributed by atoms with Crippen molar-refractivity contribution < 1.29 is 9.47 Å². The van der Waals surface area contributed by atoms with Crippen LogP contribution in [0.4, 0.5) is 0 Å². The molecule has 0 N–H and O–H groups in total. The fourth-order valence-electron chi connectivity index (χ4n) is 2.67. The average Bonchev–Trinajstić information content (AvgIpc) is 2.70. The molecule has 2 heteroatoms. The quantitative estimate of drug-likeness (QED) is 0.291. The number of benzene rings is 1. The predicted octanol–water partition coefficient (Wildman–Crippen LogP) is 6.53. The maximum atomic E-state index is 5.72. The van der Waals surface area contributed by atoms with Crippen LogP contribution in [0.15, 0.2) is 24.3 Å². The summed E-state index contributed by atoms with van der Waals surface area (Å²) in [5, 5.41) is 0. The molecule has 2 nitrogen and oxygen atoms in total. The Morgan fingerprint density at radius 1 is 0.741 bits per heavy atom. The van der Waals surface area contributed by atoms with Crippen LogP contribution in [-0.4, -0.2) is 13.7 Å². The summed E-state index contributed by atoms with van der Waals surface area (Å²) >= 11 is 0. The summed E-state index contributed by atoms with van der Waals surface area (Å²) < 4.78 is 10.9. The Labute approximate surface area is 167 Å². The molecular formula is C25H36O2. The number of rotatable bonds is 13. The number of hydrogen-bond donors (Lipinski definition) is 0. The van der Waals surface area contributed by atoms with E-state index in [2.05, 4.69) is 30.6 Å². The van der Waals surface area contributed by atoms with Gasteiger partial charge in [-0.15, -0.1) is 11.8 Å². The molecule has 0 atom stereocenters. The van der Waals surface area contributed by atoms with Gasteiger partial charge in [0.2, 0.25) is 0 Å². The second-order valence-corrected chi connectivity index (χ2v) is 6.76. The zero-order valence-corrected chi connectivity index (χ0v) is 17.3. The molecule has 0 fully saturated rings. The lowest BCUT2D eigenvalue weighted by molar-refractivity contribution is 0.116. The van der Waals surface area contributed by atoms with Crippen molar-refractivity contribution in [3.63, 3.8) is 0 Å². The molecule has 0 unspecified atom stereocenters. The lowest BCUT2D eigenvalue weighted by atomic mass is 10.1. The summed E-state index contributed by atoms with van der Waals surface area (Å²) in [5.41, 5.74) is 1.19. The normalized spacial score (nSPS) is 9.85. The van der Waals surface area contributed by atoms with Crippen molar-refractivity contribution in [3.8, 4) is 29.4 Å². The van der Waals surface area contributed by atoms with Crippen molar-refractivity contribution in [1.29, 1.82) is 0 Å². The van der Waals surface area contributed by atoms with Crippen LogP contribution in [0.25, 0.3) is 0 Å². The van der Waals surface area contributed by atoms with Gasteiger partial charge in [0.1, 0.15) is 5.75 Å². The molecule has 0 amide bonds. The van der Waals surface area contributed by atoms with Crippen LogP contribution in [0.2, 0.25) is 0 Å². The van der Waals surface area contributed by atoms with Crippen molar-refractivity contribution >= 4 is 0 Å². The monoisotopic (exact) mass is 368 g/mol. The first-order chi connectivity index (χ1) is 13.4. The van der Waals surface area contributed by atoms with Crippen LogP contribution in [0.1, 0.15) is 83.1 Å². The molecule has 0 aliphatic rings. The van der Waals surface area contributed by atoms with E-state index in [0.29, 0.717) is 6.61 Å². The molecule has 148 valence electrons. The number of ether oxygens (including phenoxy) is 2. The molecule has 0 aliphatic heterocycles. The fraction of sp³-hybridized carbons (Fsp3) is 0.600. The number of methoxy groups -OCH3 is 1. The first-order valence-electron chi connectivity index (χ1n) is 10.5. The predicted molar refractivity (Wildman–Crippen MR) is 115 cm³/mol. The first kappa shape index (κ1) is 23.1. The molecule has 27 heavy (non-hydrogen) atoms. The minimum absolute atomic E-state index is 0.676. The van der Waals surface area contributed by atoms with Crippen molar-refractivity contribution in [2.45, 2.75) is 84.2 Å². The molecule has 0 saturated heterocycles. The van der Waals surface area contributed by atoms with Crippen LogP contribution in [0.5, 0.6) is 5.75 Å². The van der Waals surface area contributed by atoms with E-state index in [0.717, 1.165) is 38.0 Å². The first-order valence-corrected chi connectivity index (χ1v) is 10.5. The third-order valence-electron chi connectivity index (χ3n) is 4.35. The zero-order chi connectivity index (χ0) is 19.4. The maximum absolute atomic E-state index is 5.72. The van der Waals surface area contributed by atoms with Crippen LogP contribution >= 0.6 is 0 Å². The van der Waals surface area contributed by atoms with Gasteiger partial charge < -0.3 is 9.47 Å². The molecule has 0 saturated carbocycles. The number of unbranched alkanes of at least 4 members (excludes halogenated alkanes) is 8. The molecule has 0 radical (unpaired) electrons. The molecule has 1 aromatic carbocycles. The SMILES string of the molecule is CCCCCCC#CCC#CCCCCCCOCc1ccc(OC)cc1. The minimum Gasteiger partial charge on any atom is -0.497 e. The second kappa shape index (κ2) is 17.5. The van der Waals surface area contributed by atoms with E-state index in [1.165, 1.54) is 50.5 Å². The van der Waals surface area contributed by atoms with Crippen LogP contribution in [0, 0.1) is 23.7 Å². The highest BCUT2D eigenvalue weighted by Gasteiger charge is 1.95. The summed E-state index contributed by atoms with van der Waals surface area (Å²) in [6.07, 6.45) is 12.6. The maximum Gasteiger partial charge on any atom is 0.118 e. The fourth-order valence-corrected chi connectivity index (χ4v) is 2.67. The van der Waals surface area contributed by atoms with Gasteiger partial charge in [-0.2, -0.15) is 0 Å². The lowest BCUT2D eigenvalue weighted by Crippen LogP contribution is -1.95. The molecule has 0 spiro atoms. The zero-order valence-electron chi connectivity index (χ0n) is 17.3. The molecule has 1 rings (SSSR count). The Balaban J connectivity index is 1.88. The molecule has 0 heterocycles. The smallest absolute Gasteiger partial charge is 0.118 e. The minimum atomic E-state index is 0.676. The van der Waals surface area contributed by atoms with E-state index in [4.69, 9.17) is 9.47 Å². The van der Waals surface area contributed by atoms with E-state index in [-0.39, 0.29) is 0 Å². The van der Waals surface area contributed by atoms with Gasteiger partial charge in [-0.25, -0.2) is 0 Å². The summed E-state index contributed by atoms with van der Waals surface area (Å²) in [7, 11) is 1.68. The Hall–Kier alpha value is -1.90. The Morgan fingerprint density at radius 3 is 2.00 bits per heavy atom. The summed E-state index contributed by atoms with van der Waals surface area (Å²) in [5.74, 6) is 13.7. The van der Waals surface area contributed by atoms with E-state index >= 15 is 0 Å². The van der Waals surface area contributed by atoms with Crippen LogP contribution in [0.3, 0.4) is 0 Å². The standard InChI is InChI=1S/C25H36O2/c1-3-4-5-6-7-8-9-10-11-12-13-14-15-16-17-22-27-23-24-18-20-25(26-2)21-19-24/h18-21H,3-7,10,13-17,22-23H2,1-2H3. The van der Waals surface area contributed by atoms with Crippen molar-refractivity contribution in [1.82, 2.24) is 0 Å². The van der Waals surface area contributed by atoms with Gasteiger partial charge in [0.25, 0.3) is 0 Å². The van der Waals surface area contributed by atoms with Gasteiger partial charge in [0.05, 0.1) is 20.1 Å². The topological polar surface area (TPSA) is 18.5 Å². The van der Waals surface area contributed by atoms with Gasteiger partial charge >= 0.3 is 0 Å². The Kier molecular flexibility index (Phi) is 15.0. The molecule has 1 aromatic rings. The summed E-state index contributed by atoms with van der Waals surface area (Å²) in [4.78, 5) is 0. The van der Waals surface area contributed by atoms with Gasteiger partial charge in [-0.1, -0.05) is 63.0 Å². The van der Waals surface area contributed by atoms with E-state index in [9.17, 15) is 0 Å². The highest BCUT2D eigenvalue weighted by molar-refractivity contribution is 5.26. The van der Waals surface area contributed by atoms with Crippen LogP contribution < -0.4 is 4.74 Å². The Morgan fingerprint density at radius 2 is 1.37 bits per heavy atom. The average molecular weight is 369 g/mol. The highest BCUT2D eigenvalue weighted by atomic mass is 16.5. The molecule has 0 aromatic heterocycles. The van der Waals surface area contributed by atoms with E-state index < -0.39 is 0 Å². The largest absolute Gasteiger partial charge is 0.497 e. The lowest BCUT2D eigenvalue weighted by Gasteiger charge is -2.05. The van der Waals surface area contributed by atoms with Crippen molar-refractivity contribution in [3.05, 3.63) is 29.8 Å². The summed E-state index contributed by atoms with van der Waals surface area (Å²) in [6.45, 7) is 3.74. The van der Waals surface area contributed by atoms with Gasteiger partial charge in [0, 0.05) is 19.4 Å². The highest BCUT2D eigenvalue weighted by Crippen LogP contribution is 2.12. The number of hydrogen-bond acceptors (Lipinski definition) is 2. The summed E-state index contributed by atoms with van der Waals surface area (Å²) in [6, 6.07) is 8.04. The molecule has 0 aliphatic carbocycles. The van der Waals surface area contributed by atoms with Gasteiger partial charge in [-0.05, 0) is 37.0 Å². The molecule has 0 bridgehead atoms. The van der Waals surface area contributed by atoms with Gasteiger partial charge in [-0.3, -0.25) is 0 Å². The Bertz CT molecular complexity index is 581. The van der Waals surface area contributed by atoms with Crippen molar-refractivity contribution in [2.75, 3.05) is 13.7 Å². The van der Waals surface area contributed by atoms with E-state index in [1.807, 2.05) is 24.3 Å². The third kappa shape index (κ3) is 13.9.